The van der Waals surface area contributed by atoms with Gasteiger partial charge in [0.25, 0.3) is 5.91 Å². The number of methoxy groups -OCH3 is 2. The van der Waals surface area contributed by atoms with Crippen molar-refractivity contribution >= 4 is 28.9 Å². The molecule has 1 saturated heterocycles. The highest BCUT2D eigenvalue weighted by Crippen LogP contribution is 2.35. The average molecular weight is 406 g/mol. The molecule has 2 aromatic carbocycles. The van der Waals surface area contributed by atoms with E-state index in [0.29, 0.717) is 22.1 Å². The van der Waals surface area contributed by atoms with E-state index in [0.717, 1.165) is 28.6 Å². The van der Waals surface area contributed by atoms with Crippen molar-refractivity contribution in [3.8, 4) is 28.4 Å². The minimum atomic E-state index is -0.286. The fourth-order valence-corrected chi connectivity index (χ4v) is 3.69. The maximum atomic E-state index is 12.1. The van der Waals surface area contributed by atoms with E-state index >= 15 is 0 Å². The van der Waals surface area contributed by atoms with Crippen LogP contribution in [0.4, 0.5) is 0 Å². The Morgan fingerprint density at radius 1 is 1.10 bits per heavy atom. The Labute approximate surface area is 171 Å². The number of aromatic nitrogens is 2. The number of amidine groups is 1. The number of hydrogen-bond donors (Lipinski definition) is 2. The van der Waals surface area contributed by atoms with Crippen LogP contribution >= 0.6 is 11.8 Å². The number of carbonyl (C=O) groups is 1. The summed E-state index contributed by atoms with van der Waals surface area (Å²) in [7, 11) is 3.17. The van der Waals surface area contributed by atoms with E-state index in [4.69, 9.17) is 20.0 Å². The van der Waals surface area contributed by atoms with Crippen LogP contribution < -0.4 is 14.8 Å². The molecule has 3 aromatic rings. The van der Waals surface area contributed by atoms with Gasteiger partial charge in [0.05, 0.1) is 24.8 Å². The van der Waals surface area contributed by atoms with E-state index in [1.165, 1.54) is 0 Å². The molecule has 2 heterocycles. The lowest BCUT2D eigenvalue weighted by Gasteiger charge is -2.09. The third kappa shape index (κ3) is 3.74. The molecule has 29 heavy (non-hydrogen) atoms. The van der Waals surface area contributed by atoms with Gasteiger partial charge in [0.15, 0.2) is 16.7 Å². The molecule has 0 saturated carbocycles. The van der Waals surface area contributed by atoms with Crippen LogP contribution in [-0.4, -0.2) is 35.1 Å². The van der Waals surface area contributed by atoms with Crippen molar-refractivity contribution in [3.63, 3.8) is 0 Å². The van der Waals surface area contributed by atoms with Crippen LogP contribution in [0.3, 0.4) is 0 Å². The topological polar surface area (TPSA) is 89.2 Å². The molecule has 1 aliphatic heterocycles. The summed E-state index contributed by atoms with van der Waals surface area (Å²) in [6.07, 6.45) is 3.62. The van der Waals surface area contributed by atoms with Gasteiger partial charge >= 0.3 is 0 Å². The van der Waals surface area contributed by atoms with Gasteiger partial charge in [0.1, 0.15) is 5.69 Å². The van der Waals surface area contributed by atoms with Crippen molar-refractivity contribution in [2.24, 2.45) is 0 Å². The lowest BCUT2D eigenvalue weighted by Crippen LogP contribution is -2.18. The zero-order valence-corrected chi connectivity index (χ0v) is 16.6. The molecule has 1 aromatic heterocycles. The van der Waals surface area contributed by atoms with E-state index in [2.05, 4.69) is 5.32 Å². The molecule has 1 fully saturated rings. The highest BCUT2D eigenvalue weighted by molar-refractivity contribution is 8.18. The molecule has 1 amide bonds. The fraction of sp³-hybridized carbons (Fsp3) is 0.0952. The van der Waals surface area contributed by atoms with Gasteiger partial charge in [-0.3, -0.25) is 10.2 Å². The minimum absolute atomic E-state index is 0.115. The summed E-state index contributed by atoms with van der Waals surface area (Å²) in [5.74, 6) is 0.927. The number of nitrogens with one attached hydrogen (secondary N) is 2. The first-order valence-electron chi connectivity index (χ1n) is 8.76. The molecule has 0 unspecified atom stereocenters. The highest BCUT2D eigenvalue weighted by Gasteiger charge is 2.24. The summed E-state index contributed by atoms with van der Waals surface area (Å²) in [5.41, 5.74) is 3.17. The molecule has 0 spiro atoms. The van der Waals surface area contributed by atoms with Gasteiger partial charge in [-0.2, -0.15) is 5.10 Å². The molecule has 0 atom stereocenters. The second-order valence-electron chi connectivity index (χ2n) is 6.18. The van der Waals surface area contributed by atoms with Gasteiger partial charge in [-0.25, -0.2) is 4.68 Å². The van der Waals surface area contributed by atoms with E-state index in [1.807, 2.05) is 54.7 Å². The number of carbonyl (C=O) groups excluding carboxylic acids is 1. The maximum Gasteiger partial charge on any atom is 0.264 e. The second-order valence-corrected chi connectivity index (χ2v) is 7.23. The summed E-state index contributed by atoms with van der Waals surface area (Å²) in [6.45, 7) is 0. The van der Waals surface area contributed by atoms with E-state index in [1.54, 1.807) is 25.0 Å². The number of nitrogens with zero attached hydrogens (tertiary/aromatic N) is 2. The van der Waals surface area contributed by atoms with Gasteiger partial charge in [-0.05, 0) is 48.2 Å². The number of hydrogen-bond acceptors (Lipinski definition) is 6. The van der Waals surface area contributed by atoms with Crippen molar-refractivity contribution in [1.82, 2.24) is 15.1 Å². The number of benzene rings is 2. The van der Waals surface area contributed by atoms with E-state index in [9.17, 15) is 4.79 Å². The molecule has 1 aliphatic rings. The number of para-hydroxylation sites is 1. The summed E-state index contributed by atoms with van der Waals surface area (Å²) >= 11 is 1.09. The normalized spacial score (nSPS) is 14.9. The first kappa shape index (κ1) is 18.8. The van der Waals surface area contributed by atoms with Gasteiger partial charge < -0.3 is 14.8 Å². The van der Waals surface area contributed by atoms with E-state index in [-0.39, 0.29) is 11.1 Å². The van der Waals surface area contributed by atoms with Crippen LogP contribution in [0.5, 0.6) is 11.5 Å². The Bertz CT molecular complexity index is 1120. The second kappa shape index (κ2) is 7.84. The summed E-state index contributed by atoms with van der Waals surface area (Å²) in [6, 6.07) is 15.3. The van der Waals surface area contributed by atoms with Gasteiger partial charge in [0.2, 0.25) is 0 Å². The van der Waals surface area contributed by atoms with Crippen LogP contribution in [0.2, 0.25) is 0 Å². The van der Waals surface area contributed by atoms with Crippen LogP contribution in [0.25, 0.3) is 23.0 Å². The smallest absolute Gasteiger partial charge is 0.264 e. The van der Waals surface area contributed by atoms with Crippen molar-refractivity contribution in [2.75, 3.05) is 14.2 Å². The first-order valence-corrected chi connectivity index (χ1v) is 9.57. The Hall–Kier alpha value is -3.52. The Morgan fingerprint density at radius 3 is 2.52 bits per heavy atom. The Kier molecular flexibility index (Phi) is 5.09. The first-order chi connectivity index (χ1) is 14.1. The SMILES string of the molecule is COc1ccc(-c2nn(-c3ccccc3)cc2/C=C2\SC(=N)NC2=O)cc1OC. The summed E-state index contributed by atoms with van der Waals surface area (Å²) in [4.78, 5) is 12.5. The Balaban J connectivity index is 1.86. The van der Waals surface area contributed by atoms with Crippen molar-refractivity contribution < 1.29 is 14.3 Å². The maximum absolute atomic E-state index is 12.1. The quantitative estimate of drug-likeness (QED) is 0.631. The largest absolute Gasteiger partial charge is 0.493 e. The zero-order chi connectivity index (χ0) is 20.4. The number of rotatable bonds is 5. The standard InChI is InChI=1S/C21H18N4O3S/c1-27-16-9-8-13(10-17(16)28-2)19-14(11-18-20(26)23-21(22)29-18)12-25(24-19)15-6-4-3-5-7-15/h3-12H,1-2H3,(H2,22,23,26)/b18-11-. The van der Waals surface area contributed by atoms with Crippen molar-refractivity contribution in [3.05, 3.63) is 65.2 Å². The number of thioether (sulfide) groups is 1. The predicted octanol–water partition coefficient (Wildman–Crippen LogP) is 3.70. The summed E-state index contributed by atoms with van der Waals surface area (Å²) < 4.78 is 12.5. The number of amides is 1. The molecule has 146 valence electrons. The minimum Gasteiger partial charge on any atom is -0.493 e. The monoisotopic (exact) mass is 406 g/mol. The third-order valence-corrected chi connectivity index (χ3v) is 5.20. The van der Waals surface area contributed by atoms with Gasteiger partial charge in [-0.15, -0.1) is 0 Å². The predicted molar refractivity (Wildman–Crippen MR) is 114 cm³/mol. The van der Waals surface area contributed by atoms with Gasteiger partial charge in [0, 0.05) is 17.3 Å². The zero-order valence-electron chi connectivity index (χ0n) is 15.8. The fourth-order valence-electron chi connectivity index (χ4n) is 3.00. The lowest BCUT2D eigenvalue weighted by atomic mass is 10.1. The molecule has 4 rings (SSSR count). The van der Waals surface area contributed by atoms with Crippen LogP contribution in [0.15, 0.2) is 59.6 Å². The molecule has 0 bridgehead atoms. The Morgan fingerprint density at radius 2 is 1.86 bits per heavy atom. The highest BCUT2D eigenvalue weighted by atomic mass is 32.2. The molecule has 7 nitrogen and oxygen atoms in total. The summed E-state index contributed by atoms with van der Waals surface area (Å²) in [5, 5.41) is 15.0. The van der Waals surface area contributed by atoms with Crippen molar-refractivity contribution in [1.29, 1.82) is 5.41 Å². The molecule has 0 aliphatic carbocycles. The molecule has 8 heteroatoms. The molecular weight excluding hydrogens is 388 g/mol. The van der Waals surface area contributed by atoms with E-state index < -0.39 is 0 Å². The van der Waals surface area contributed by atoms with Crippen molar-refractivity contribution in [2.45, 2.75) is 0 Å². The third-order valence-electron chi connectivity index (χ3n) is 4.37. The molecular formula is C21H18N4O3S. The van der Waals surface area contributed by atoms with Crippen LogP contribution in [-0.2, 0) is 4.79 Å². The average Bonchev–Trinajstić information content (AvgIpc) is 3.31. The van der Waals surface area contributed by atoms with Crippen LogP contribution in [0, 0.1) is 5.41 Å². The van der Waals surface area contributed by atoms with Gasteiger partial charge in [-0.1, -0.05) is 18.2 Å². The lowest BCUT2D eigenvalue weighted by molar-refractivity contribution is -0.115. The molecule has 0 radical (unpaired) electrons. The number of ether oxygens (including phenoxy) is 2. The van der Waals surface area contributed by atoms with Crippen LogP contribution in [0.1, 0.15) is 5.56 Å². The molecule has 2 N–H and O–H groups in total.